The van der Waals surface area contributed by atoms with Crippen molar-refractivity contribution in [1.82, 2.24) is 9.44 Å². The fourth-order valence-corrected chi connectivity index (χ4v) is 2.31. The molecule has 3 N–H and O–H groups in total. The molecule has 7 nitrogen and oxygen atoms in total. The second-order valence-electron chi connectivity index (χ2n) is 3.59. The zero-order valence-corrected chi connectivity index (χ0v) is 11.2. The van der Waals surface area contributed by atoms with Gasteiger partial charge in [0.2, 0.25) is 0 Å². The molecule has 0 aromatic heterocycles. The molecule has 0 aliphatic heterocycles. The lowest BCUT2D eigenvalue weighted by atomic mass is 10.1. The highest BCUT2D eigenvalue weighted by Crippen LogP contribution is 2.12. The van der Waals surface area contributed by atoms with Crippen molar-refractivity contribution in [2.75, 3.05) is 13.2 Å². The average Bonchev–Trinajstić information content (AvgIpc) is 2.36. The molecule has 0 aliphatic carbocycles. The van der Waals surface area contributed by atoms with Gasteiger partial charge in [0.25, 0.3) is 0 Å². The summed E-state index contributed by atoms with van der Waals surface area (Å²) in [6.07, 6.45) is -1.07. The molecule has 0 spiro atoms. The Kier molecular flexibility index (Phi) is 5.74. The molecule has 0 unspecified atom stereocenters. The minimum atomic E-state index is -4.10. The quantitative estimate of drug-likeness (QED) is 0.698. The molecule has 19 heavy (non-hydrogen) atoms. The van der Waals surface area contributed by atoms with Gasteiger partial charge in [-0.25, -0.2) is 9.52 Å². The van der Waals surface area contributed by atoms with Crippen LogP contribution in [0.3, 0.4) is 0 Å². The third-order valence-electron chi connectivity index (χ3n) is 2.18. The molecule has 0 radical (unpaired) electrons. The van der Waals surface area contributed by atoms with Crippen LogP contribution in [-0.4, -0.2) is 32.8 Å². The summed E-state index contributed by atoms with van der Waals surface area (Å²) in [6.45, 7) is 1.18. The number of rotatable bonds is 6. The molecule has 1 rings (SSSR count). The molecule has 0 bridgehead atoms. The van der Waals surface area contributed by atoms with Crippen LogP contribution in [0.4, 0.5) is 4.79 Å². The summed E-state index contributed by atoms with van der Waals surface area (Å²) in [5, 5.41) is 9.21. The van der Waals surface area contributed by atoms with Gasteiger partial charge < -0.3 is 9.84 Å². The minimum absolute atomic E-state index is 0.0590. The number of aliphatic hydroxyl groups is 1. The Bertz CT molecular complexity index is 503. The van der Waals surface area contributed by atoms with Gasteiger partial charge in [0, 0.05) is 0 Å². The van der Waals surface area contributed by atoms with E-state index < -0.39 is 29.0 Å². The van der Waals surface area contributed by atoms with Crippen molar-refractivity contribution in [2.45, 2.75) is 13.0 Å². The summed E-state index contributed by atoms with van der Waals surface area (Å²) in [5.41, 5.74) is 0.583. The fourth-order valence-electron chi connectivity index (χ4n) is 1.38. The van der Waals surface area contributed by atoms with Crippen LogP contribution in [0.1, 0.15) is 18.5 Å². The van der Waals surface area contributed by atoms with E-state index >= 15 is 0 Å². The number of hydrogen-bond donors (Lipinski definition) is 3. The van der Waals surface area contributed by atoms with E-state index in [1.54, 1.807) is 42.0 Å². The Morgan fingerprint density at radius 3 is 2.53 bits per heavy atom. The maximum atomic E-state index is 11.6. The topological polar surface area (TPSA) is 105 Å². The first-order valence-corrected chi connectivity index (χ1v) is 7.09. The summed E-state index contributed by atoms with van der Waals surface area (Å²) >= 11 is 0. The molecule has 1 aromatic rings. The molecule has 1 aromatic carbocycles. The highest BCUT2D eigenvalue weighted by Gasteiger charge is 2.21. The van der Waals surface area contributed by atoms with Crippen LogP contribution in [0.25, 0.3) is 0 Å². The molecule has 0 saturated carbocycles. The van der Waals surface area contributed by atoms with E-state index in [0.29, 0.717) is 5.56 Å². The SMILES string of the molecule is CCOC(=O)NS(=O)(=O)N[C@H](CO)c1ccccc1. The summed E-state index contributed by atoms with van der Waals surface area (Å²) < 4.78 is 31.6. The van der Waals surface area contributed by atoms with Crippen molar-refractivity contribution in [2.24, 2.45) is 0 Å². The summed E-state index contributed by atoms with van der Waals surface area (Å²) in [6, 6.07) is 7.68. The van der Waals surface area contributed by atoms with Crippen LogP contribution in [0, 0.1) is 0 Å². The van der Waals surface area contributed by atoms with Gasteiger partial charge in [0.1, 0.15) is 0 Å². The fraction of sp³-hybridized carbons (Fsp3) is 0.364. The lowest BCUT2D eigenvalue weighted by Gasteiger charge is -2.16. The van der Waals surface area contributed by atoms with Crippen LogP contribution < -0.4 is 9.44 Å². The van der Waals surface area contributed by atoms with Crippen LogP contribution in [0.2, 0.25) is 0 Å². The molecule has 0 saturated heterocycles. The van der Waals surface area contributed by atoms with Crippen molar-refractivity contribution in [3.05, 3.63) is 35.9 Å². The van der Waals surface area contributed by atoms with Crippen LogP contribution in [0.15, 0.2) is 30.3 Å². The first-order valence-electron chi connectivity index (χ1n) is 5.61. The standard InChI is InChI=1S/C11H16N2O5S/c1-2-18-11(15)13-19(16,17)12-10(8-14)9-6-4-3-5-7-9/h3-7,10,12,14H,2,8H2,1H3,(H,13,15)/t10-/m1/s1. The van der Waals surface area contributed by atoms with Gasteiger partial charge in [-0.2, -0.15) is 13.1 Å². The molecule has 1 atom stereocenters. The number of aliphatic hydroxyl groups excluding tert-OH is 1. The number of ether oxygens (including phenoxy) is 1. The third-order valence-corrected chi connectivity index (χ3v) is 3.21. The van der Waals surface area contributed by atoms with E-state index in [4.69, 9.17) is 0 Å². The lowest BCUT2D eigenvalue weighted by Crippen LogP contribution is -2.43. The van der Waals surface area contributed by atoms with E-state index in [0.717, 1.165) is 0 Å². The predicted molar refractivity (Wildman–Crippen MR) is 68.5 cm³/mol. The van der Waals surface area contributed by atoms with Crippen molar-refractivity contribution in [3.63, 3.8) is 0 Å². The number of amides is 1. The van der Waals surface area contributed by atoms with Gasteiger partial charge >= 0.3 is 16.3 Å². The van der Waals surface area contributed by atoms with E-state index in [9.17, 15) is 18.3 Å². The monoisotopic (exact) mass is 288 g/mol. The largest absolute Gasteiger partial charge is 0.449 e. The van der Waals surface area contributed by atoms with E-state index in [1.807, 2.05) is 0 Å². The predicted octanol–water partition coefficient (Wildman–Crippen LogP) is 0.300. The zero-order chi connectivity index (χ0) is 14.3. The molecular formula is C11H16N2O5S. The van der Waals surface area contributed by atoms with Gasteiger partial charge in [-0.3, -0.25) is 0 Å². The molecule has 0 aliphatic rings. The Labute approximate surface area is 111 Å². The highest BCUT2D eigenvalue weighted by molar-refractivity contribution is 7.88. The van der Waals surface area contributed by atoms with Crippen LogP contribution in [-0.2, 0) is 14.9 Å². The first kappa shape index (κ1) is 15.4. The van der Waals surface area contributed by atoms with E-state index in [2.05, 4.69) is 9.46 Å². The van der Waals surface area contributed by atoms with E-state index in [1.165, 1.54) is 0 Å². The lowest BCUT2D eigenvalue weighted by molar-refractivity contribution is 0.158. The van der Waals surface area contributed by atoms with Gasteiger partial charge in [-0.15, -0.1) is 0 Å². The zero-order valence-electron chi connectivity index (χ0n) is 10.4. The number of benzene rings is 1. The average molecular weight is 288 g/mol. The number of carbonyl (C=O) groups is 1. The molecular weight excluding hydrogens is 272 g/mol. The Balaban J connectivity index is 2.73. The van der Waals surface area contributed by atoms with E-state index in [-0.39, 0.29) is 6.61 Å². The smallest absolute Gasteiger partial charge is 0.421 e. The van der Waals surface area contributed by atoms with Gasteiger partial charge in [-0.05, 0) is 12.5 Å². The second kappa shape index (κ2) is 7.07. The first-order chi connectivity index (χ1) is 8.98. The van der Waals surface area contributed by atoms with Crippen molar-refractivity contribution < 1.29 is 23.1 Å². The summed E-state index contributed by atoms with van der Waals surface area (Å²) in [5.74, 6) is 0. The van der Waals surface area contributed by atoms with Crippen molar-refractivity contribution in [1.29, 1.82) is 0 Å². The second-order valence-corrected chi connectivity index (χ2v) is 5.04. The summed E-state index contributed by atoms with van der Waals surface area (Å²) in [4.78, 5) is 11.1. The number of nitrogens with one attached hydrogen (secondary N) is 2. The van der Waals surface area contributed by atoms with Crippen LogP contribution >= 0.6 is 0 Å². The van der Waals surface area contributed by atoms with Gasteiger partial charge in [0.15, 0.2) is 0 Å². The molecule has 0 heterocycles. The van der Waals surface area contributed by atoms with Crippen molar-refractivity contribution in [3.8, 4) is 0 Å². The molecule has 8 heteroatoms. The maximum Gasteiger partial charge on any atom is 0.421 e. The highest BCUT2D eigenvalue weighted by atomic mass is 32.2. The number of carbonyl (C=O) groups excluding carboxylic acids is 1. The molecule has 0 fully saturated rings. The third kappa shape index (κ3) is 5.25. The Morgan fingerprint density at radius 2 is 2.00 bits per heavy atom. The Morgan fingerprint density at radius 1 is 1.37 bits per heavy atom. The molecule has 1 amide bonds. The number of hydrogen-bond acceptors (Lipinski definition) is 5. The maximum absolute atomic E-state index is 11.6. The minimum Gasteiger partial charge on any atom is -0.449 e. The molecule has 106 valence electrons. The Hall–Kier alpha value is -1.64. The van der Waals surface area contributed by atoms with Crippen LogP contribution in [0.5, 0.6) is 0 Å². The van der Waals surface area contributed by atoms with Gasteiger partial charge in [0.05, 0.1) is 19.3 Å². The van der Waals surface area contributed by atoms with Gasteiger partial charge in [-0.1, -0.05) is 30.3 Å². The van der Waals surface area contributed by atoms with Crippen molar-refractivity contribution >= 4 is 16.3 Å². The normalized spacial score (nSPS) is 12.7. The summed E-state index contributed by atoms with van der Waals surface area (Å²) in [7, 11) is -4.10.